The summed E-state index contributed by atoms with van der Waals surface area (Å²) in [4.78, 5) is 10.7. The molecular weight excluding hydrogens is 361 g/mol. The average molecular weight is 369 g/mol. The Bertz CT molecular complexity index is 809. The van der Waals surface area contributed by atoms with Crippen LogP contribution in [-0.4, -0.2) is 12.0 Å². The fourth-order valence-corrected chi connectivity index (χ4v) is 2.68. The number of hydrogen-bond acceptors (Lipinski definition) is 4. The lowest BCUT2D eigenvalue weighted by Gasteiger charge is -1.97. The first-order chi connectivity index (χ1) is 9.10. The van der Waals surface area contributed by atoms with Gasteiger partial charge in [0, 0.05) is 26.5 Å². The molecule has 0 saturated carbocycles. The highest BCUT2D eigenvalue weighted by Crippen LogP contribution is 2.37. The zero-order chi connectivity index (χ0) is 13.6. The van der Waals surface area contributed by atoms with Crippen molar-refractivity contribution >= 4 is 50.2 Å². The minimum atomic E-state index is -0.426. The van der Waals surface area contributed by atoms with Crippen LogP contribution < -0.4 is 4.74 Å². The van der Waals surface area contributed by atoms with E-state index in [1.807, 2.05) is 18.2 Å². The normalized spacial score (nSPS) is 11.1. The molecule has 6 heteroatoms. The van der Waals surface area contributed by atoms with Crippen molar-refractivity contribution in [2.24, 2.45) is 0 Å². The summed E-state index contributed by atoms with van der Waals surface area (Å²) in [5, 5.41) is 12.7. The van der Waals surface area contributed by atoms with E-state index in [9.17, 15) is 10.1 Å². The van der Waals surface area contributed by atoms with Gasteiger partial charge in [-0.15, -0.1) is 0 Å². The third-order valence-corrected chi connectivity index (χ3v) is 3.54. The van der Waals surface area contributed by atoms with Crippen LogP contribution in [0.15, 0.2) is 34.7 Å². The molecule has 96 valence electrons. The van der Waals surface area contributed by atoms with Crippen molar-refractivity contribution in [2.75, 3.05) is 7.11 Å². The van der Waals surface area contributed by atoms with Crippen molar-refractivity contribution in [1.82, 2.24) is 0 Å². The molecule has 0 fully saturated rings. The highest BCUT2D eigenvalue weighted by atomic mass is 127. The fraction of sp³-hybridized carbons (Fsp3) is 0.0769. The highest BCUT2D eigenvalue weighted by molar-refractivity contribution is 14.1. The molecule has 0 atom stereocenters. The minimum Gasteiger partial charge on any atom is -0.497 e. The maximum atomic E-state index is 11.1. The number of methoxy groups -OCH3 is 1. The molecule has 0 bridgehead atoms. The van der Waals surface area contributed by atoms with Gasteiger partial charge < -0.3 is 9.15 Å². The van der Waals surface area contributed by atoms with Crippen molar-refractivity contribution in [3.8, 4) is 5.75 Å². The number of hydrogen-bond donors (Lipinski definition) is 0. The van der Waals surface area contributed by atoms with Gasteiger partial charge in [0.1, 0.15) is 11.3 Å². The molecule has 0 aliphatic rings. The number of non-ortho nitro benzene ring substituents is 1. The van der Waals surface area contributed by atoms with Gasteiger partial charge in [-0.05, 0) is 40.8 Å². The number of nitrogens with zero attached hydrogens (tertiary/aromatic N) is 1. The van der Waals surface area contributed by atoms with Crippen LogP contribution in [0.5, 0.6) is 5.75 Å². The Morgan fingerprint density at radius 2 is 2.05 bits per heavy atom. The summed E-state index contributed by atoms with van der Waals surface area (Å²) in [6.07, 6.45) is 0. The predicted molar refractivity (Wildman–Crippen MR) is 79.6 cm³/mol. The van der Waals surface area contributed by atoms with Crippen LogP contribution in [0.3, 0.4) is 0 Å². The molecule has 3 rings (SSSR count). The van der Waals surface area contributed by atoms with Gasteiger partial charge in [-0.1, -0.05) is 0 Å². The summed E-state index contributed by atoms with van der Waals surface area (Å²) < 4.78 is 11.5. The number of nitro benzene ring substituents is 1. The fourth-order valence-electron chi connectivity index (χ4n) is 2.07. The Morgan fingerprint density at radius 3 is 2.74 bits per heavy atom. The molecule has 0 aliphatic heterocycles. The lowest BCUT2D eigenvalue weighted by atomic mass is 10.1. The largest absolute Gasteiger partial charge is 0.497 e. The monoisotopic (exact) mass is 369 g/mol. The van der Waals surface area contributed by atoms with E-state index in [4.69, 9.17) is 9.15 Å². The second-order valence-electron chi connectivity index (χ2n) is 4.02. The van der Waals surface area contributed by atoms with Gasteiger partial charge in [-0.2, -0.15) is 0 Å². The van der Waals surface area contributed by atoms with Gasteiger partial charge in [-0.3, -0.25) is 10.1 Å². The van der Waals surface area contributed by atoms with Crippen molar-refractivity contribution in [3.05, 3.63) is 44.0 Å². The Morgan fingerprint density at radius 1 is 1.26 bits per heavy atom. The highest BCUT2D eigenvalue weighted by Gasteiger charge is 2.19. The van der Waals surface area contributed by atoms with E-state index in [1.165, 1.54) is 6.07 Å². The topological polar surface area (TPSA) is 65.5 Å². The van der Waals surface area contributed by atoms with E-state index >= 15 is 0 Å². The molecule has 0 N–H and O–H groups in total. The number of rotatable bonds is 2. The Hall–Kier alpha value is -1.83. The molecular formula is C13H8INO4. The second-order valence-corrected chi connectivity index (χ2v) is 5.27. The summed E-state index contributed by atoms with van der Waals surface area (Å²) in [5.74, 6) is 0.656. The molecule has 19 heavy (non-hydrogen) atoms. The third-order valence-electron chi connectivity index (χ3n) is 2.92. The summed E-state index contributed by atoms with van der Waals surface area (Å²) in [5.41, 5.74) is 0.866. The first kappa shape index (κ1) is 12.2. The molecule has 5 nitrogen and oxygen atoms in total. The lowest BCUT2D eigenvalue weighted by molar-refractivity contribution is -0.383. The molecule has 0 unspecified atom stereocenters. The molecule has 0 aliphatic carbocycles. The van der Waals surface area contributed by atoms with Crippen LogP contribution >= 0.6 is 22.6 Å². The van der Waals surface area contributed by atoms with E-state index < -0.39 is 4.92 Å². The van der Waals surface area contributed by atoms with Gasteiger partial charge in [0.2, 0.25) is 5.58 Å². The smallest absolute Gasteiger partial charge is 0.313 e. The maximum absolute atomic E-state index is 11.1. The number of nitro groups is 1. The molecule has 1 aromatic heterocycles. The zero-order valence-corrected chi connectivity index (χ0v) is 12.0. The zero-order valence-electron chi connectivity index (χ0n) is 9.84. The van der Waals surface area contributed by atoms with E-state index in [1.54, 1.807) is 13.2 Å². The summed E-state index contributed by atoms with van der Waals surface area (Å²) >= 11 is 2.06. The number of benzene rings is 2. The number of halogens is 1. The summed E-state index contributed by atoms with van der Waals surface area (Å²) in [6.45, 7) is 0. The predicted octanol–water partition coefficient (Wildman–Crippen LogP) is 4.11. The minimum absolute atomic E-state index is 0.0166. The molecule has 0 amide bonds. The molecule has 0 spiro atoms. The van der Waals surface area contributed by atoms with Crippen molar-refractivity contribution in [2.45, 2.75) is 0 Å². The lowest BCUT2D eigenvalue weighted by Crippen LogP contribution is -1.88. The summed E-state index contributed by atoms with van der Waals surface area (Å²) in [7, 11) is 1.56. The molecule has 1 heterocycles. The molecule has 0 saturated heterocycles. The molecule has 0 radical (unpaired) electrons. The van der Waals surface area contributed by atoms with E-state index in [0.29, 0.717) is 16.9 Å². The number of furan rings is 1. The van der Waals surface area contributed by atoms with E-state index in [2.05, 4.69) is 22.6 Å². The van der Waals surface area contributed by atoms with Crippen LogP contribution in [0.1, 0.15) is 0 Å². The molecule has 2 aromatic carbocycles. The maximum Gasteiger partial charge on any atom is 0.313 e. The van der Waals surface area contributed by atoms with Crippen LogP contribution in [0.25, 0.3) is 21.9 Å². The first-order valence-corrected chi connectivity index (χ1v) is 6.52. The van der Waals surface area contributed by atoms with Gasteiger partial charge >= 0.3 is 5.69 Å². The number of ether oxygens (including phenoxy) is 1. The van der Waals surface area contributed by atoms with Gasteiger partial charge in [0.05, 0.1) is 12.0 Å². The number of fused-ring (bicyclic) bond motifs is 3. The Balaban J connectivity index is 2.45. The van der Waals surface area contributed by atoms with Gasteiger partial charge in [-0.25, -0.2) is 0 Å². The van der Waals surface area contributed by atoms with Crippen molar-refractivity contribution < 1.29 is 14.1 Å². The standard InChI is InChI=1S/C13H8INO4/c1-18-8-2-3-9-10-4-7(14)5-11(15(16)17)13(10)19-12(9)6-8/h2-6H,1H3. The third kappa shape index (κ3) is 1.92. The van der Waals surface area contributed by atoms with Crippen LogP contribution in [0.2, 0.25) is 0 Å². The first-order valence-electron chi connectivity index (χ1n) is 5.44. The average Bonchev–Trinajstić information content (AvgIpc) is 2.75. The van der Waals surface area contributed by atoms with Crippen LogP contribution in [-0.2, 0) is 0 Å². The second kappa shape index (κ2) is 4.37. The van der Waals surface area contributed by atoms with Crippen molar-refractivity contribution in [1.29, 1.82) is 0 Å². The Kier molecular flexibility index (Phi) is 2.81. The van der Waals surface area contributed by atoms with Crippen LogP contribution in [0, 0.1) is 13.7 Å². The van der Waals surface area contributed by atoms with Crippen molar-refractivity contribution in [3.63, 3.8) is 0 Å². The van der Waals surface area contributed by atoms with Gasteiger partial charge in [0.15, 0.2) is 0 Å². The molecule has 3 aromatic rings. The SMILES string of the molecule is COc1ccc2c(c1)oc1c([N+](=O)[O-])cc(I)cc12. The Labute approximate surface area is 121 Å². The van der Waals surface area contributed by atoms with E-state index in [0.717, 1.165) is 14.3 Å². The summed E-state index contributed by atoms with van der Waals surface area (Å²) in [6, 6.07) is 8.76. The van der Waals surface area contributed by atoms with E-state index in [-0.39, 0.29) is 5.69 Å². The van der Waals surface area contributed by atoms with Crippen LogP contribution in [0.4, 0.5) is 5.69 Å². The quantitative estimate of drug-likeness (QED) is 0.388. The van der Waals surface area contributed by atoms with Gasteiger partial charge in [0.25, 0.3) is 0 Å².